The second kappa shape index (κ2) is 9.67. The summed E-state index contributed by atoms with van der Waals surface area (Å²) >= 11 is 0. The maximum absolute atomic E-state index is 12.4. The SMILES string of the molecule is CC(c1ccncc1)N1CCC(NC(=O)c2ccc(CN)cc2)CC1.Cl. The van der Waals surface area contributed by atoms with Crippen LogP contribution >= 0.6 is 12.4 Å². The van der Waals surface area contributed by atoms with Crippen LogP contribution in [0.5, 0.6) is 0 Å². The van der Waals surface area contributed by atoms with Gasteiger partial charge in [-0.15, -0.1) is 12.4 Å². The third kappa shape index (κ3) is 5.04. The van der Waals surface area contributed by atoms with Gasteiger partial charge in [-0.25, -0.2) is 0 Å². The van der Waals surface area contributed by atoms with Crippen molar-refractivity contribution in [2.75, 3.05) is 13.1 Å². The van der Waals surface area contributed by atoms with E-state index >= 15 is 0 Å². The molecule has 26 heavy (non-hydrogen) atoms. The van der Waals surface area contributed by atoms with Crippen LogP contribution in [0.25, 0.3) is 0 Å². The van der Waals surface area contributed by atoms with Gasteiger partial charge in [-0.2, -0.15) is 0 Å². The van der Waals surface area contributed by atoms with E-state index in [2.05, 4.69) is 34.3 Å². The van der Waals surface area contributed by atoms with Crippen LogP contribution in [-0.4, -0.2) is 34.9 Å². The molecule has 1 saturated heterocycles. The van der Waals surface area contributed by atoms with Gasteiger partial charge in [0, 0.05) is 49.7 Å². The number of hydrogen-bond donors (Lipinski definition) is 2. The lowest BCUT2D eigenvalue weighted by Gasteiger charge is -2.36. The fraction of sp³-hybridized carbons (Fsp3) is 0.400. The van der Waals surface area contributed by atoms with Gasteiger partial charge < -0.3 is 11.1 Å². The highest BCUT2D eigenvalue weighted by atomic mass is 35.5. The molecule has 1 aromatic heterocycles. The van der Waals surface area contributed by atoms with Crippen molar-refractivity contribution in [3.8, 4) is 0 Å². The number of piperidine rings is 1. The van der Waals surface area contributed by atoms with E-state index in [4.69, 9.17) is 5.73 Å². The summed E-state index contributed by atoms with van der Waals surface area (Å²) in [5.74, 6) is 0.00389. The molecule has 1 fully saturated rings. The molecule has 1 atom stereocenters. The monoisotopic (exact) mass is 374 g/mol. The minimum Gasteiger partial charge on any atom is -0.349 e. The van der Waals surface area contributed by atoms with Crippen LogP contribution in [0.4, 0.5) is 0 Å². The van der Waals surface area contributed by atoms with Crippen LogP contribution < -0.4 is 11.1 Å². The summed E-state index contributed by atoms with van der Waals surface area (Å²) in [4.78, 5) is 18.9. The first-order chi connectivity index (χ1) is 12.2. The molecule has 140 valence electrons. The molecule has 2 aromatic rings. The van der Waals surface area contributed by atoms with E-state index in [1.807, 2.05) is 36.7 Å². The first-order valence-corrected chi connectivity index (χ1v) is 8.91. The topological polar surface area (TPSA) is 71.2 Å². The molecule has 0 saturated carbocycles. The van der Waals surface area contributed by atoms with Gasteiger partial charge in [-0.3, -0.25) is 14.7 Å². The first kappa shape index (κ1) is 20.4. The quantitative estimate of drug-likeness (QED) is 0.844. The Labute approximate surface area is 161 Å². The zero-order valence-corrected chi connectivity index (χ0v) is 15.9. The molecule has 0 radical (unpaired) electrons. The maximum atomic E-state index is 12.4. The minimum absolute atomic E-state index is 0. The summed E-state index contributed by atoms with van der Waals surface area (Å²) in [7, 11) is 0. The fourth-order valence-electron chi connectivity index (χ4n) is 3.34. The van der Waals surface area contributed by atoms with Gasteiger partial charge in [0.05, 0.1) is 0 Å². The number of rotatable bonds is 5. The molecule has 1 aliphatic heterocycles. The van der Waals surface area contributed by atoms with Gasteiger partial charge in [0.1, 0.15) is 0 Å². The highest BCUT2D eigenvalue weighted by Crippen LogP contribution is 2.23. The fourth-order valence-corrected chi connectivity index (χ4v) is 3.34. The van der Waals surface area contributed by atoms with E-state index in [-0.39, 0.29) is 24.4 Å². The lowest BCUT2D eigenvalue weighted by molar-refractivity contribution is 0.0896. The highest BCUT2D eigenvalue weighted by molar-refractivity contribution is 5.94. The maximum Gasteiger partial charge on any atom is 0.251 e. The molecule has 1 unspecified atom stereocenters. The number of halogens is 1. The highest BCUT2D eigenvalue weighted by Gasteiger charge is 2.24. The summed E-state index contributed by atoms with van der Waals surface area (Å²) in [5.41, 5.74) is 8.62. The second-order valence-electron chi connectivity index (χ2n) is 6.64. The largest absolute Gasteiger partial charge is 0.349 e. The number of likely N-dealkylation sites (tertiary alicyclic amines) is 1. The Bertz CT molecular complexity index is 685. The Kier molecular flexibility index (Phi) is 7.57. The molecule has 6 heteroatoms. The molecule has 3 N–H and O–H groups in total. The standard InChI is InChI=1S/C20H26N4O.ClH/c1-15(17-6-10-22-11-7-17)24-12-8-19(9-13-24)23-20(25)18-4-2-16(14-21)3-5-18;/h2-7,10-11,15,19H,8-9,12-14,21H2,1H3,(H,23,25);1H. The molecule has 0 spiro atoms. The number of nitrogens with one attached hydrogen (secondary N) is 1. The van der Waals surface area contributed by atoms with Crippen molar-refractivity contribution in [3.05, 3.63) is 65.5 Å². The van der Waals surface area contributed by atoms with Crippen molar-refractivity contribution < 1.29 is 4.79 Å². The minimum atomic E-state index is 0. The van der Waals surface area contributed by atoms with Crippen molar-refractivity contribution in [2.45, 2.75) is 38.4 Å². The van der Waals surface area contributed by atoms with E-state index in [0.717, 1.165) is 31.5 Å². The predicted molar refractivity (Wildman–Crippen MR) is 106 cm³/mol. The number of aromatic nitrogens is 1. The molecule has 3 rings (SSSR count). The number of carbonyl (C=O) groups is 1. The van der Waals surface area contributed by atoms with Crippen LogP contribution in [0.2, 0.25) is 0 Å². The number of nitrogens with two attached hydrogens (primary N) is 1. The predicted octanol–water partition coefficient (Wildman–Crippen LogP) is 2.92. The van der Waals surface area contributed by atoms with E-state index in [9.17, 15) is 4.79 Å². The van der Waals surface area contributed by atoms with Gasteiger partial charge in [0.2, 0.25) is 0 Å². The Morgan fingerprint density at radius 3 is 2.38 bits per heavy atom. The lowest BCUT2D eigenvalue weighted by Crippen LogP contribution is -2.45. The van der Waals surface area contributed by atoms with Gasteiger partial charge in [0.15, 0.2) is 0 Å². The van der Waals surface area contributed by atoms with Crippen LogP contribution in [0.3, 0.4) is 0 Å². The third-order valence-corrected chi connectivity index (χ3v) is 5.05. The molecule has 5 nitrogen and oxygen atoms in total. The molecule has 0 bridgehead atoms. The molecule has 2 heterocycles. The lowest BCUT2D eigenvalue weighted by atomic mass is 10.0. The zero-order chi connectivity index (χ0) is 17.6. The van der Waals surface area contributed by atoms with Gasteiger partial charge in [-0.05, 0) is 55.2 Å². The molecule has 1 aliphatic rings. The molecule has 1 amide bonds. The summed E-state index contributed by atoms with van der Waals surface area (Å²) in [6.45, 7) is 4.70. The zero-order valence-electron chi connectivity index (χ0n) is 15.1. The van der Waals surface area contributed by atoms with Crippen molar-refractivity contribution >= 4 is 18.3 Å². The van der Waals surface area contributed by atoms with E-state index in [0.29, 0.717) is 18.2 Å². The first-order valence-electron chi connectivity index (χ1n) is 8.91. The number of carbonyl (C=O) groups excluding carboxylic acids is 1. The van der Waals surface area contributed by atoms with Crippen LogP contribution in [-0.2, 0) is 6.54 Å². The van der Waals surface area contributed by atoms with E-state index in [1.165, 1.54) is 5.56 Å². The summed E-state index contributed by atoms with van der Waals surface area (Å²) in [5, 5.41) is 3.17. The summed E-state index contributed by atoms with van der Waals surface area (Å²) < 4.78 is 0. The normalized spacial score (nSPS) is 16.5. The summed E-state index contributed by atoms with van der Waals surface area (Å²) in [6.07, 6.45) is 5.63. The van der Waals surface area contributed by atoms with Gasteiger partial charge >= 0.3 is 0 Å². The Morgan fingerprint density at radius 2 is 1.81 bits per heavy atom. The Morgan fingerprint density at radius 1 is 1.19 bits per heavy atom. The van der Waals surface area contributed by atoms with Gasteiger partial charge in [0.25, 0.3) is 5.91 Å². The van der Waals surface area contributed by atoms with Crippen molar-refractivity contribution in [1.29, 1.82) is 0 Å². The molecular weight excluding hydrogens is 348 g/mol. The van der Waals surface area contributed by atoms with Crippen LogP contribution in [0, 0.1) is 0 Å². The number of nitrogens with zero attached hydrogens (tertiary/aromatic N) is 2. The van der Waals surface area contributed by atoms with Crippen LogP contribution in [0.15, 0.2) is 48.8 Å². The Balaban J connectivity index is 0.00000243. The molecular formula is C20H27ClN4O. The van der Waals surface area contributed by atoms with E-state index < -0.39 is 0 Å². The second-order valence-corrected chi connectivity index (χ2v) is 6.64. The van der Waals surface area contributed by atoms with Crippen molar-refractivity contribution in [2.24, 2.45) is 5.73 Å². The van der Waals surface area contributed by atoms with Gasteiger partial charge in [-0.1, -0.05) is 12.1 Å². The number of pyridine rings is 1. The van der Waals surface area contributed by atoms with E-state index in [1.54, 1.807) is 0 Å². The average Bonchev–Trinajstić information content (AvgIpc) is 2.68. The number of amides is 1. The van der Waals surface area contributed by atoms with Crippen molar-refractivity contribution in [3.63, 3.8) is 0 Å². The molecule has 1 aromatic carbocycles. The molecule has 0 aliphatic carbocycles. The Hall–Kier alpha value is -1.95. The van der Waals surface area contributed by atoms with Crippen molar-refractivity contribution in [1.82, 2.24) is 15.2 Å². The van der Waals surface area contributed by atoms with Crippen LogP contribution in [0.1, 0.15) is 47.3 Å². The summed E-state index contributed by atoms with van der Waals surface area (Å²) in [6, 6.07) is 12.3. The average molecular weight is 375 g/mol. The number of benzene rings is 1. The third-order valence-electron chi connectivity index (χ3n) is 5.05. The number of hydrogen-bond acceptors (Lipinski definition) is 4. The smallest absolute Gasteiger partial charge is 0.251 e.